The molecular weight excluding hydrogens is 390 g/mol. The number of ether oxygens (including phenoxy) is 1. The van der Waals surface area contributed by atoms with Gasteiger partial charge in [-0.1, -0.05) is 6.07 Å². The zero-order valence-electron chi connectivity index (χ0n) is 16.7. The Hall–Kier alpha value is -2.45. The molecule has 0 aliphatic carbocycles. The Morgan fingerprint density at radius 2 is 2.00 bits per heavy atom. The molecule has 1 amide bonds. The lowest BCUT2D eigenvalue weighted by Crippen LogP contribution is -2.32. The first-order valence-electron chi connectivity index (χ1n) is 9.87. The van der Waals surface area contributed by atoms with E-state index in [9.17, 15) is 13.2 Å². The van der Waals surface area contributed by atoms with Gasteiger partial charge in [0.15, 0.2) is 0 Å². The average molecular weight is 416 g/mol. The van der Waals surface area contributed by atoms with Crippen LogP contribution in [0, 0.1) is 0 Å². The summed E-state index contributed by atoms with van der Waals surface area (Å²) >= 11 is 0. The molecule has 0 N–H and O–H groups in total. The number of amides is 1. The zero-order valence-corrected chi connectivity index (χ0v) is 17.5. The van der Waals surface area contributed by atoms with Gasteiger partial charge in [0.2, 0.25) is 15.9 Å². The minimum absolute atomic E-state index is 0.107. The van der Waals surface area contributed by atoms with Gasteiger partial charge >= 0.3 is 0 Å². The molecule has 1 fully saturated rings. The van der Waals surface area contributed by atoms with Gasteiger partial charge in [-0.3, -0.25) is 9.78 Å². The van der Waals surface area contributed by atoms with E-state index >= 15 is 0 Å². The molecule has 0 radical (unpaired) electrons. The summed E-state index contributed by atoms with van der Waals surface area (Å²) < 4.78 is 31.6. The third-order valence-corrected chi connectivity index (χ3v) is 7.49. The van der Waals surface area contributed by atoms with E-state index < -0.39 is 10.0 Å². The van der Waals surface area contributed by atoms with Gasteiger partial charge in [0.25, 0.3) is 0 Å². The summed E-state index contributed by atoms with van der Waals surface area (Å²) in [5.74, 6) is 0.877. The lowest BCUT2D eigenvalue weighted by atomic mass is 9.97. The third kappa shape index (κ3) is 4.00. The van der Waals surface area contributed by atoms with Gasteiger partial charge < -0.3 is 9.64 Å². The van der Waals surface area contributed by atoms with Gasteiger partial charge in [-0.15, -0.1) is 0 Å². The Morgan fingerprint density at radius 3 is 2.79 bits per heavy atom. The van der Waals surface area contributed by atoms with E-state index in [1.54, 1.807) is 31.3 Å². The fourth-order valence-electron chi connectivity index (χ4n) is 3.90. The summed E-state index contributed by atoms with van der Waals surface area (Å²) in [4.78, 5) is 17.9. The van der Waals surface area contributed by atoms with Crippen molar-refractivity contribution in [3.63, 3.8) is 0 Å². The van der Waals surface area contributed by atoms with Crippen molar-refractivity contribution in [2.24, 2.45) is 0 Å². The van der Waals surface area contributed by atoms with Crippen LogP contribution in [0.4, 0.5) is 5.69 Å². The number of rotatable bonds is 5. The van der Waals surface area contributed by atoms with Crippen LogP contribution < -0.4 is 9.64 Å². The van der Waals surface area contributed by atoms with Crippen molar-refractivity contribution >= 4 is 21.6 Å². The quantitative estimate of drug-likeness (QED) is 0.750. The number of carbonyl (C=O) groups excluding carboxylic acids is 1. The van der Waals surface area contributed by atoms with Crippen molar-refractivity contribution < 1.29 is 17.9 Å². The lowest BCUT2D eigenvalue weighted by molar-refractivity contribution is -0.118. The Morgan fingerprint density at radius 1 is 1.17 bits per heavy atom. The fraction of sp³-hybridized carbons (Fsp3) is 0.429. The van der Waals surface area contributed by atoms with E-state index in [2.05, 4.69) is 11.1 Å². The van der Waals surface area contributed by atoms with Crippen LogP contribution in [0.25, 0.3) is 11.1 Å². The fourth-order valence-corrected chi connectivity index (χ4v) is 5.04. The van der Waals surface area contributed by atoms with Gasteiger partial charge in [0.1, 0.15) is 11.9 Å². The Bertz CT molecular complexity index is 1040. The summed E-state index contributed by atoms with van der Waals surface area (Å²) in [6.45, 7) is 2.52. The first-order chi connectivity index (χ1) is 13.9. The van der Waals surface area contributed by atoms with Crippen LogP contribution in [0.1, 0.15) is 25.3 Å². The predicted octanol–water partition coefficient (Wildman–Crippen LogP) is 2.46. The van der Waals surface area contributed by atoms with E-state index in [1.807, 2.05) is 18.2 Å². The molecule has 154 valence electrons. The lowest BCUT2D eigenvalue weighted by Gasteiger charge is -2.26. The van der Waals surface area contributed by atoms with Crippen LogP contribution in [0.3, 0.4) is 0 Å². The van der Waals surface area contributed by atoms with Crippen LogP contribution in [-0.2, 0) is 21.2 Å². The Labute approximate surface area is 171 Å². The molecule has 4 rings (SSSR count). The molecule has 3 heterocycles. The van der Waals surface area contributed by atoms with Crippen molar-refractivity contribution in [3.8, 4) is 16.9 Å². The highest BCUT2D eigenvalue weighted by molar-refractivity contribution is 7.89. The highest BCUT2D eigenvalue weighted by Gasteiger charge is 2.31. The predicted molar refractivity (Wildman–Crippen MR) is 111 cm³/mol. The molecule has 2 aromatic rings. The molecule has 2 aliphatic heterocycles. The number of anilines is 1. The van der Waals surface area contributed by atoms with Gasteiger partial charge in [0, 0.05) is 37.5 Å². The second-order valence-corrected chi connectivity index (χ2v) is 9.75. The van der Waals surface area contributed by atoms with E-state index in [0.29, 0.717) is 31.7 Å². The second kappa shape index (κ2) is 7.76. The molecule has 1 saturated heterocycles. The summed E-state index contributed by atoms with van der Waals surface area (Å²) in [5.41, 5.74) is 4.05. The number of pyridine rings is 1. The number of aromatic nitrogens is 1. The summed E-state index contributed by atoms with van der Waals surface area (Å²) in [7, 11) is -1.38. The minimum atomic E-state index is -3.18. The van der Waals surface area contributed by atoms with Gasteiger partial charge in [0.05, 0.1) is 18.5 Å². The van der Waals surface area contributed by atoms with Crippen LogP contribution in [0.15, 0.2) is 36.7 Å². The number of benzene rings is 1. The molecule has 2 aliphatic rings. The number of carbonyl (C=O) groups is 1. The SMILES string of the molecule is CCS(=O)(=O)N1CC[C@@H](Oc2cncc(-c3ccc4c(c3)CCC(=O)N4C)c2)C1. The Balaban J connectivity index is 1.51. The molecule has 0 bridgehead atoms. The zero-order chi connectivity index (χ0) is 20.6. The maximum absolute atomic E-state index is 12.0. The van der Waals surface area contributed by atoms with Crippen LogP contribution >= 0.6 is 0 Å². The first-order valence-corrected chi connectivity index (χ1v) is 11.5. The van der Waals surface area contributed by atoms with Crippen molar-refractivity contribution in [2.45, 2.75) is 32.3 Å². The van der Waals surface area contributed by atoms with E-state index in [-0.39, 0.29) is 17.8 Å². The highest BCUT2D eigenvalue weighted by atomic mass is 32.2. The van der Waals surface area contributed by atoms with Crippen LogP contribution in [0.2, 0.25) is 0 Å². The molecule has 1 aromatic heterocycles. The molecule has 1 atom stereocenters. The number of nitrogens with zero attached hydrogens (tertiary/aromatic N) is 3. The standard InChI is InChI=1S/C21H25N3O4S/c1-3-29(26,27)24-9-8-18(14-24)28-19-11-17(12-22-13-19)15-4-6-20-16(10-15)5-7-21(25)23(20)2/h4,6,10-13,18H,3,5,7-9,14H2,1-2H3/t18-/m1/s1. The maximum Gasteiger partial charge on any atom is 0.227 e. The minimum Gasteiger partial charge on any atom is -0.487 e. The molecule has 8 heteroatoms. The van der Waals surface area contributed by atoms with Gasteiger partial charge in [-0.05, 0) is 49.1 Å². The van der Waals surface area contributed by atoms with E-state index in [1.165, 1.54) is 4.31 Å². The topological polar surface area (TPSA) is 79.8 Å². The van der Waals surface area contributed by atoms with Crippen molar-refractivity contribution in [1.82, 2.24) is 9.29 Å². The largest absolute Gasteiger partial charge is 0.487 e. The molecule has 0 unspecified atom stereocenters. The number of fused-ring (bicyclic) bond motifs is 1. The average Bonchev–Trinajstić information content (AvgIpc) is 3.20. The molecule has 0 saturated carbocycles. The molecule has 1 aromatic carbocycles. The highest BCUT2D eigenvalue weighted by Crippen LogP contribution is 2.32. The summed E-state index contributed by atoms with van der Waals surface area (Å²) in [6, 6.07) is 7.99. The number of sulfonamides is 1. The van der Waals surface area contributed by atoms with Crippen molar-refractivity contribution in [1.29, 1.82) is 0 Å². The van der Waals surface area contributed by atoms with Crippen molar-refractivity contribution in [2.75, 3.05) is 30.8 Å². The van der Waals surface area contributed by atoms with Crippen molar-refractivity contribution in [3.05, 3.63) is 42.2 Å². The third-order valence-electron chi connectivity index (χ3n) is 5.64. The summed E-state index contributed by atoms with van der Waals surface area (Å²) in [5, 5.41) is 0. The van der Waals surface area contributed by atoms with Crippen LogP contribution in [-0.4, -0.2) is 55.6 Å². The molecule has 7 nitrogen and oxygen atoms in total. The number of aryl methyl sites for hydroxylation is 1. The molecular formula is C21H25N3O4S. The Kier molecular flexibility index (Phi) is 5.31. The van der Waals surface area contributed by atoms with Gasteiger partial charge in [-0.25, -0.2) is 8.42 Å². The number of hydrogen-bond acceptors (Lipinski definition) is 5. The van der Waals surface area contributed by atoms with E-state index in [0.717, 1.165) is 28.8 Å². The van der Waals surface area contributed by atoms with E-state index in [4.69, 9.17) is 4.74 Å². The maximum atomic E-state index is 12.0. The smallest absolute Gasteiger partial charge is 0.227 e. The summed E-state index contributed by atoms with van der Waals surface area (Å²) in [6.07, 6.45) is 5.20. The number of hydrogen-bond donors (Lipinski definition) is 0. The normalized spacial score (nSPS) is 20.0. The van der Waals surface area contributed by atoms with Crippen LogP contribution in [0.5, 0.6) is 5.75 Å². The van der Waals surface area contributed by atoms with Gasteiger partial charge in [-0.2, -0.15) is 4.31 Å². The molecule has 29 heavy (non-hydrogen) atoms. The second-order valence-electron chi connectivity index (χ2n) is 7.49. The molecule has 0 spiro atoms. The first kappa shape index (κ1) is 19.8. The monoisotopic (exact) mass is 415 g/mol.